The molecule has 0 aliphatic rings. The Labute approximate surface area is 130 Å². The normalized spacial score (nSPS) is 13.3. The lowest BCUT2D eigenvalue weighted by molar-refractivity contribution is 0.0979. The summed E-state index contributed by atoms with van der Waals surface area (Å²) in [6.45, 7) is 8.16. The number of hydrogen-bond acceptors (Lipinski definition) is 5. The number of nitrogens with one attached hydrogen (secondary N) is 1. The van der Waals surface area contributed by atoms with Gasteiger partial charge in [-0.25, -0.2) is 0 Å². The fourth-order valence-electron chi connectivity index (χ4n) is 1.99. The van der Waals surface area contributed by atoms with Crippen LogP contribution in [0.15, 0.2) is 28.7 Å². The topological polar surface area (TPSA) is 71.7 Å². The maximum Gasteiger partial charge on any atom is 0.194 e. The summed E-state index contributed by atoms with van der Waals surface area (Å²) < 4.78 is 11.2. The molecule has 1 aromatic carbocycles. The molecule has 0 fully saturated rings. The van der Waals surface area contributed by atoms with Crippen molar-refractivity contribution in [2.24, 2.45) is 0 Å². The maximum atomic E-state index is 11.4. The first-order valence-electron chi connectivity index (χ1n) is 7.35. The molecule has 5 nitrogen and oxygen atoms in total. The third-order valence-corrected chi connectivity index (χ3v) is 3.15. The van der Waals surface area contributed by atoms with Crippen LogP contribution >= 0.6 is 0 Å². The number of fused-ring (bicyclic) bond motifs is 1. The minimum atomic E-state index is -0.628. The number of β-amino-alcohol motifs (C(OH)–C–C–N with tert-alkyl or cyclic N) is 1. The first kappa shape index (κ1) is 16.5. The SMILES string of the molecule is CC(=O)c1cc2cccc(OCC(O)CNC(C)(C)C)c2o1. The minimum Gasteiger partial charge on any atom is -0.487 e. The number of benzene rings is 1. The third kappa shape index (κ3) is 4.32. The summed E-state index contributed by atoms with van der Waals surface area (Å²) in [7, 11) is 0. The van der Waals surface area contributed by atoms with Crippen LogP contribution in [-0.4, -0.2) is 35.7 Å². The summed E-state index contributed by atoms with van der Waals surface area (Å²) in [5.41, 5.74) is 0.474. The Morgan fingerprint density at radius 2 is 2.14 bits per heavy atom. The second-order valence-corrected chi connectivity index (χ2v) is 6.44. The van der Waals surface area contributed by atoms with Crippen molar-refractivity contribution >= 4 is 16.8 Å². The molecule has 2 aromatic rings. The van der Waals surface area contributed by atoms with Crippen molar-refractivity contribution in [1.29, 1.82) is 0 Å². The highest BCUT2D eigenvalue weighted by Crippen LogP contribution is 2.29. The van der Waals surface area contributed by atoms with Crippen LogP contribution in [0.5, 0.6) is 5.75 Å². The Bertz CT molecular complexity index is 654. The molecule has 0 aliphatic heterocycles. The molecule has 0 bridgehead atoms. The Kier molecular flexibility index (Phi) is 4.88. The molecule has 0 amide bonds. The molecule has 1 unspecified atom stereocenters. The summed E-state index contributed by atoms with van der Waals surface area (Å²) in [6.07, 6.45) is -0.628. The van der Waals surface area contributed by atoms with Gasteiger partial charge in [-0.1, -0.05) is 12.1 Å². The maximum absolute atomic E-state index is 11.4. The third-order valence-electron chi connectivity index (χ3n) is 3.15. The van der Waals surface area contributed by atoms with E-state index >= 15 is 0 Å². The first-order valence-corrected chi connectivity index (χ1v) is 7.35. The largest absolute Gasteiger partial charge is 0.487 e. The number of para-hydroxylation sites is 1. The van der Waals surface area contributed by atoms with Gasteiger partial charge in [0, 0.05) is 24.4 Å². The zero-order valence-corrected chi connectivity index (χ0v) is 13.5. The Morgan fingerprint density at radius 3 is 2.77 bits per heavy atom. The van der Waals surface area contributed by atoms with Crippen LogP contribution in [0, 0.1) is 0 Å². The molecule has 22 heavy (non-hydrogen) atoms. The van der Waals surface area contributed by atoms with Gasteiger partial charge in [-0.3, -0.25) is 4.79 Å². The number of aliphatic hydroxyl groups excluding tert-OH is 1. The lowest BCUT2D eigenvalue weighted by Gasteiger charge is -2.22. The number of ketones is 1. The van der Waals surface area contributed by atoms with Crippen LogP contribution < -0.4 is 10.1 Å². The zero-order chi connectivity index (χ0) is 16.3. The van der Waals surface area contributed by atoms with Crippen molar-refractivity contribution in [3.05, 3.63) is 30.0 Å². The van der Waals surface area contributed by atoms with Crippen molar-refractivity contribution in [2.75, 3.05) is 13.2 Å². The highest BCUT2D eigenvalue weighted by molar-refractivity contribution is 5.97. The van der Waals surface area contributed by atoms with Gasteiger partial charge in [-0.2, -0.15) is 0 Å². The number of aliphatic hydroxyl groups is 1. The molecule has 0 saturated carbocycles. The lowest BCUT2D eigenvalue weighted by atomic mass is 10.1. The van der Waals surface area contributed by atoms with E-state index in [4.69, 9.17) is 9.15 Å². The Balaban J connectivity index is 2.04. The van der Waals surface area contributed by atoms with Crippen molar-refractivity contribution < 1.29 is 19.1 Å². The molecule has 2 N–H and O–H groups in total. The number of furan rings is 1. The molecule has 0 radical (unpaired) electrons. The standard InChI is InChI=1S/C17H23NO4/c1-11(19)15-8-12-6-5-7-14(16(12)22-15)21-10-13(20)9-18-17(2,3)4/h5-8,13,18,20H,9-10H2,1-4H3. The van der Waals surface area contributed by atoms with E-state index in [1.54, 1.807) is 12.1 Å². The van der Waals surface area contributed by atoms with Gasteiger partial charge < -0.3 is 19.6 Å². The van der Waals surface area contributed by atoms with Gasteiger partial charge >= 0.3 is 0 Å². The van der Waals surface area contributed by atoms with E-state index in [1.165, 1.54) is 6.92 Å². The van der Waals surface area contributed by atoms with E-state index in [1.807, 2.05) is 32.9 Å². The van der Waals surface area contributed by atoms with Crippen LogP contribution in [0.4, 0.5) is 0 Å². The molecule has 1 atom stereocenters. The first-order chi connectivity index (χ1) is 10.3. The molecular weight excluding hydrogens is 282 g/mol. The fraction of sp³-hybridized carbons (Fsp3) is 0.471. The van der Waals surface area contributed by atoms with Crippen molar-refractivity contribution in [2.45, 2.75) is 39.3 Å². The molecule has 120 valence electrons. The quantitative estimate of drug-likeness (QED) is 0.803. The van der Waals surface area contributed by atoms with E-state index in [0.29, 0.717) is 23.6 Å². The van der Waals surface area contributed by atoms with Crippen LogP contribution in [0.2, 0.25) is 0 Å². The van der Waals surface area contributed by atoms with Gasteiger partial charge in [0.15, 0.2) is 22.9 Å². The summed E-state index contributed by atoms with van der Waals surface area (Å²) >= 11 is 0. The second kappa shape index (κ2) is 6.50. The van der Waals surface area contributed by atoms with Gasteiger partial charge in [0.2, 0.25) is 0 Å². The molecule has 0 saturated heterocycles. The number of Topliss-reactive ketones (excluding diaryl/α,β-unsaturated/α-hetero) is 1. The van der Waals surface area contributed by atoms with E-state index < -0.39 is 6.10 Å². The van der Waals surface area contributed by atoms with Gasteiger partial charge in [0.05, 0.1) is 0 Å². The van der Waals surface area contributed by atoms with Crippen molar-refractivity contribution in [3.63, 3.8) is 0 Å². The molecule has 1 heterocycles. The van der Waals surface area contributed by atoms with E-state index in [-0.39, 0.29) is 17.9 Å². The van der Waals surface area contributed by atoms with Gasteiger partial charge in [0.25, 0.3) is 0 Å². The Hall–Kier alpha value is -1.85. The molecule has 2 rings (SSSR count). The Morgan fingerprint density at radius 1 is 1.41 bits per heavy atom. The predicted octanol–water partition coefficient (Wildman–Crippen LogP) is 2.76. The van der Waals surface area contributed by atoms with Crippen molar-refractivity contribution in [1.82, 2.24) is 5.32 Å². The monoisotopic (exact) mass is 305 g/mol. The molecular formula is C17H23NO4. The number of ether oxygens (including phenoxy) is 1. The van der Waals surface area contributed by atoms with Gasteiger partial charge in [0.1, 0.15) is 12.7 Å². The average molecular weight is 305 g/mol. The molecule has 1 aromatic heterocycles. The zero-order valence-electron chi connectivity index (χ0n) is 13.5. The van der Waals surface area contributed by atoms with Gasteiger partial charge in [-0.15, -0.1) is 0 Å². The van der Waals surface area contributed by atoms with E-state index in [2.05, 4.69) is 5.32 Å². The number of carbonyl (C=O) groups is 1. The second-order valence-electron chi connectivity index (χ2n) is 6.44. The van der Waals surface area contributed by atoms with E-state index in [9.17, 15) is 9.90 Å². The molecule has 0 spiro atoms. The summed E-state index contributed by atoms with van der Waals surface area (Å²) in [5, 5.41) is 14.0. The minimum absolute atomic E-state index is 0.0571. The highest BCUT2D eigenvalue weighted by Gasteiger charge is 2.15. The lowest BCUT2D eigenvalue weighted by Crippen LogP contribution is -2.42. The molecule has 0 aliphatic carbocycles. The predicted molar refractivity (Wildman–Crippen MR) is 85.5 cm³/mol. The van der Waals surface area contributed by atoms with Crippen LogP contribution in [0.25, 0.3) is 11.0 Å². The smallest absolute Gasteiger partial charge is 0.194 e. The summed E-state index contributed by atoms with van der Waals surface area (Å²) in [5.74, 6) is 0.706. The van der Waals surface area contributed by atoms with Crippen molar-refractivity contribution in [3.8, 4) is 5.75 Å². The van der Waals surface area contributed by atoms with Crippen LogP contribution in [0.1, 0.15) is 38.2 Å². The van der Waals surface area contributed by atoms with Gasteiger partial charge in [-0.05, 0) is 32.9 Å². The number of rotatable bonds is 6. The fourth-order valence-corrected chi connectivity index (χ4v) is 1.99. The van der Waals surface area contributed by atoms with Crippen LogP contribution in [0.3, 0.4) is 0 Å². The molecule has 5 heteroatoms. The summed E-state index contributed by atoms with van der Waals surface area (Å²) in [6, 6.07) is 7.15. The van der Waals surface area contributed by atoms with E-state index in [0.717, 1.165) is 5.39 Å². The van der Waals surface area contributed by atoms with Crippen LogP contribution in [-0.2, 0) is 0 Å². The number of hydrogen-bond donors (Lipinski definition) is 2. The highest BCUT2D eigenvalue weighted by atomic mass is 16.5. The summed E-state index contributed by atoms with van der Waals surface area (Å²) in [4.78, 5) is 11.4. The average Bonchev–Trinajstić information content (AvgIpc) is 2.86. The number of carbonyl (C=O) groups excluding carboxylic acids is 1.